The van der Waals surface area contributed by atoms with Crippen molar-refractivity contribution in [2.24, 2.45) is 0 Å². The maximum absolute atomic E-state index is 12.9. The molecule has 176 valence electrons. The van der Waals surface area contributed by atoms with Crippen LogP contribution in [0.2, 0.25) is 5.02 Å². The molecule has 33 heavy (non-hydrogen) atoms. The zero-order valence-electron chi connectivity index (χ0n) is 19.6. The molecule has 0 bridgehead atoms. The molecule has 1 aromatic heterocycles. The van der Waals surface area contributed by atoms with Crippen LogP contribution in [0.5, 0.6) is 0 Å². The van der Waals surface area contributed by atoms with Gasteiger partial charge in [-0.2, -0.15) is 0 Å². The van der Waals surface area contributed by atoms with Gasteiger partial charge in [-0.15, -0.1) is 0 Å². The number of carbonyl (C=O) groups excluding carboxylic acids is 1. The number of benzene rings is 2. The minimum absolute atomic E-state index is 0.0833. The number of piperazine rings is 1. The number of imidazole rings is 1. The van der Waals surface area contributed by atoms with Crippen molar-refractivity contribution in [3.63, 3.8) is 0 Å². The fourth-order valence-corrected chi connectivity index (χ4v) is 5.33. The van der Waals surface area contributed by atoms with E-state index in [1.54, 1.807) is 0 Å². The number of hydrogen-bond donors (Lipinski definition) is 1. The number of nitrogens with zero attached hydrogens (tertiary/aromatic N) is 4. The first-order valence-corrected chi connectivity index (χ1v) is 12.8. The lowest BCUT2D eigenvalue weighted by molar-refractivity contribution is -0.115. The summed E-state index contributed by atoms with van der Waals surface area (Å²) in [5.74, 6) is -0.0833. The van der Waals surface area contributed by atoms with Crippen molar-refractivity contribution in [3.05, 3.63) is 53.1 Å². The highest BCUT2D eigenvalue weighted by Crippen LogP contribution is 2.29. The predicted molar refractivity (Wildman–Crippen MR) is 138 cm³/mol. The molecule has 1 unspecified atom stereocenters. The number of thioether (sulfide) groups is 1. The van der Waals surface area contributed by atoms with Crippen LogP contribution in [0.4, 0.5) is 5.69 Å². The standard InChI is InChI=1S/C25H32ClN5OS/c1-4-29-11-13-30(14-12-29)15-16-31-23-8-6-5-7-22(23)28-25(31)33-19(3)24(32)27-21-10-9-18(2)17-20(21)26/h5-10,17,19H,4,11-16H2,1-3H3,(H,27,32). The summed E-state index contributed by atoms with van der Waals surface area (Å²) < 4.78 is 2.26. The van der Waals surface area contributed by atoms with Gasteiger partial charge in [0.15, 0.2) is 5.16 Å². The van der Waals surface area contributed by atoms with Gasteiger partial charge in [-0.05, 0) is 50.2 Å². The third-order valence-electron chi connectivity index (χ3n) is 6.21. The fourth-order valence-electron chi connectivity index (χ4n) is 4.10. The first kappa shape index (κ1) is 24.1. The fraction of sp³-hybridized carbons (Fsp3) is 0.440. The molecule has 8 heteroatoms. The van der Waals surface area contributed by atoms with Crippen molar-refractivity contribution >= 4 is 46.0 Å². The Labute approximate surface area is 205 Å². The Morgan fingerprint density at radius 2 is 1.85 bits per heavy atom. The number of nitrogens with one attached hydrogen (secondary N) is 1. The third kappa shape index (κ3) is 5.90. The van der Waals surface area contributed by atoms with Crippen LogP contribution in [0, 0.1) is 6.92 Å². The smallest absolute Gasteiger partial charge is 0.237 e. The number of likely N-dealkylation sites (N-methyl/N-ethyl adjacent to an activating group) is 1. The van der Waals surface area contributed by atoms with Gasteiger partial charge in [-0.1, -0.05) is 48.5 Å². The summed E-state index contributed by atoms with van der Waals surface area (Å²) in [7, 11) is 0. The van der Waals surface area contributed by atoms with Crippen molar-refractivity contribution in [2.75, 3.05) is 44.6 Å². The van der Waals surface area contributed by atoms with Crippen LogP contribution in [0.3, 0.4) is 0 Å². The average molecular weight is 486 g/mol. The van der Waals surface area contributed by atoms with E-state index in [0.29, 0.717) is 10.7 Å². The summed E-state index contributed by atoms with van der Waals surface area (Å²) in [6, 6.07) is 13.8. The van der Waals surface area contributed by atoms with Gasteiger partial charge in [0.1, 0.15) is 0 Å². The number of carbonyl (C=O) groups is 1. The Morgan fingerprint density at radius 3 is 2.58 bits per heavy atom. The van der Waals surface area contributed by atoms with Crippen molar-refractivity contribution in [2.45, 2.75) is 37.7 Å². The van der Waals surface area contributed by atoms with E-state index in [2.05, 4.69) is 32.7 Å². The third-order valence-corrected chi connectivity index (χ3v) is 7.61. The summed E-state index contributed by atoms with van der Waals surface area (Å²) in [4.78, 5) is 22.8. The Hall–Kier alpha value is -2.06. The zero-order chi connectivity index (χ0) is 23.4. The number of amides is 1. The monoisotopic (exact) mass is 485 g/mol. The van der Waals surface area contributed by atoms with E-state index in [-0.39, 0.29) is 11.2 Å². The SMILES string of the molecule is CCN1CCN(CCn2c(SC(C)C(=O)Nc3ccc(C)cc3Cl)nc3ccccc32)CC1. The Morgan fingerprint density at radius 1 is 1.12 bits per heavy atom. The molecular formula is C25H32ClN5OS. The minimum atomic E-state index is -0.314. The lowest BCUT2D eigenvalue weighted by Gasteiger charge is -2.34. The van der Waals surface area contributed by atoms with Crippen molar-refractivity contribution in [3.8, 4) is 0 Å². The van der Waals surface area contributed by atoms with Crippen LogP contribution < -0.4 is 5.32 Å². The molecule has 1 amide bonds. The van der Waals surface area contributed by atoms with E-state index in [0.717, 1.165) is 67.6 Å². The maximum atomic E-state index is 12.9. The summed E-state index contributed by atoms with van der Waals surface area (Å²) in [5, 5.41) is 4.08. The molecule has 0 radical (unpaired) electrons. The summed E-state index contributed by atoms with van der Waals surface area (Å²) in [5.41, 5.74) is 3.77. The lowest BCUT2D eigenvalue weighted by atomic mass is 10.2. The Balaban J connectivity index is 1.46. The number of hydrogen-bond acceptors (Lipinski definition) is 5. The highest BCUT2D eigenvalue weighted by Gasteiger charge is 2.21. The van der Waals surface area contributed by atoms with Crippen LogP contribution >= 0.6 is 23.4 Å². The number of fused-ring (bicyclic) bond motifs is 1. The van der Waals surface area contributed by atoms with Gasteiger partial charge in [0.05, 0.1) is 27.0 Å². The zero-order valence-corrected chi connectivity index (χ0v) is 21.1. The number of aryl methyl sites for hydroxylation is 1. The Bertz CT molecular complexity index is 1110. The second kappa shape index (κ2) is 10.9. The number of halogens is 1. The Kier molecular flexibility index (Phi) is 7.96. The molecule has 1 fully saturated rings. The molecule has 1 saturated heterocycles. The summed E-state index contributed by atoms with van der Waals surface area (Å²) >= 11 is 7.80. The quantitative estimate of drug-likeness (QED) is 0.466. The normalized spacial score (nSPS) is 16.2. The van der Waals surface area contributed by atoms with Crippen LogP contribution in [-0.4, -0.2) is 69.8 Å². The largest absolute Gasteiger partial charge is 0.324 e. The van der Waals surface area contributed by atoms with Gasteiger partial charge < -0.3 is 14.8 Å². The van der Waals surface area contributed by atoms with E-state index in [4.69, 9.17) is 16.6 Å². The molecule has 2 heterocycles. The van der Waals surface area contributed by atoms with Crippen LogP contribution in [0.1, 0.15) is 19.4 Å². The van der Waals surface area contributed by atoms with Gasteiger partial charge in [0, 0.05) is 39.3 Å². The first-order valence-electron chi connectivity index (χ1n) is 11.6. The van der Waals surface area contributed by atoms with E-state index >= 15 is 0 Å². The topological polar surface area (TPSA) is 53.4 Å². The van der Waals surface area contributed by atoms with E-state index in [1.807, 2.05) is 50.2 Å². The number of anilines is 1. The average Bonchev–Trinajstić information content (AvgIpc) is 3.16. The predicted octanol–water partition coefficient (Wildman–Crippen LogP) is 4.75. The number of aromatic nitrogens is 2. The molecule has 1 atom stereocenters. The summed E-state index contributed by atoms with van der Waals surface area (Å²) in [6.45, 7) is 13.5. The van der Waals surface area contributed by atoms with Crippen molar-refractivity contribution < 1.29 is 4.79 Å². The van der Waals surface area contributed by atoms with Gasteiger partial charge in [0.25, 0.3) is 0 Å². The van der Waals surface area contributed by atoms with Crippen LogP contribution in [0.25, 0.3) is 11.0 Å². The van der Waals surface area contributed by atoms with Crippen LogP contribution in [-0.2, 0) is 11.3 Å². The molecule has 2 aromatic carbocycles. The lowest BCUT2D eigenvalue weighted by Crippen LogP contribution is -2.46. The van der Waals surface area contributed by atoms with Crippen molar-refractivity contribution in [1.82, 2.24) is 19.4 Å². The molecule has 0 spiro atoms. The van der Waals surface area contributed by atoms with Gasteiger partial charge in [-0.3, -0.25) is 9.69 Å². The highest BCUT2D eigenvalue weighted by atomic mass is 35.5. The molecule has 4 rings (SSSR count). The van der Waals surface area contributed by atoms with Gasteiger partial charge >= 0.3 is 0 Å². The molecule has 1 N–H and O–H groups in total. The van der Waals surface area contributed by atoms with Crippen molar-refractivity contribution in [1.29, 1.82) is 0 Å². The summed E-state index contributed by atoms with van der Waals surface area (Å²) in [6.07, 6.45) is 0. The van der Waals surface area contributed by atoms with E-state index in [1.165, 1.54) is 11.8 Å². The molecule has 6 nitrogen and oxygen atoms in total. The number of para-hydroxylation sites is 2. The molecule has 3 aromatic rings. The van der Waals surface area contributed by atoms with E-state index < -0.39 is 0 Å². The second-order valence-electron chi connectivity index (χ2n) is 8.54. The van der Waals surface area contributed by atoms with Gasteiger partial charge in [-0.25, -0.2) is 4.98 Å². The van der Waals surface area contributed by atoms with Crippen LogP contribution in [0.15, 0.2) is 47.6 Å². The highest BCUT2D eigenvalue weighted by molar-refractivity contribution is 8.00. The minimum Gasteiger partial charge on any atom is -0.324 e. The first-order chi connectivity index (χ1) is 15.9. The molecule has 0 aliphatic carbocycles. The molecule has 1 aliphatic rings. The number of rotatable bonds is 8. The molecular weight excluding hydrogens is 454 g/mol. The molecule has 1 aliphatic heterocycles. The van der Waals surface area contributed by atoms with E-state index in [9.17, 15) is 4.79 Å². The molecule has 0 saturated carbocycles. The second-order valence-corrected chi connectivity index (χ2v) is 10.3. The van der Waals surface area contributed by atoms with Gasteiger partial charge in [0.2, 0.25) is 5.91 Å². The maximum Gasteiger partial charge on any atom is 0.237 e.